The number of aliphatic imine (C=N–C) groups is 1. The van der Waals surface area contributed by atoms with Gasteiger partial charge < -0.3 is 25.1 Å². The largest absolute Gasteiger partial charge is 0.496 e. The quantitative estimate of drug-likeness (QED) is 0.426. The predicted molar refractivity (Wildman–Crippen MR) is 122 cm³/mol. The fourth-order valence-corrected chi connectivity index (χ4v) is 3.00. The Hall–Kier alpha value is -3.75. The van der Waals surface area contributed by atoms with Gasteiger partial charge in [-0.3, -0.25) is 9.79 Å². The van der Waals surface area contributed by atoms with Gasteiger partial charge in [0.1, 0.15) is 17.1 Å². The van der Waals surface area contributed by atoms with Crippen LogP contribution in [0.25, 0.3) is 6.08 Å². The lowest BCUT2D eigenvalue weighted by atomic mass is 10.0. The second-order valence-corrected chi connectivity index (χ2v) is 6.79. The van der Waals surface area contributed by atoms with E-state index in [-0.39, 0.29) is 17.1 Å². The molecule has 0 atom stereocenters. The van der Waals surface area contributed by atoms with Crippen LogP contribution in [-0.2, 0) is 0 Å². The summed E-state index contributed by atoms with van der Waals surface area (Å²) in [4.78, 5) is 17.9. The van der Waals surface area contributed by atoms with Gasteiger partial charge in [-0.2, -0.15) is 0 Å². The number of carbonyl (C=O) groups excluding carboxylic acids is 1. The van der Waals surface area contributed by atoms with E-state index in [9.17, 15) is 13.6 Å². The first-order valence-electron chi connectivity index (χ1n) is 9.64. The van der Waals surface area contributed by atoms with Gasteiger partial charge >= 0.3 is 0 Å². The molecule has 0 unspecified atom stereocenters. The van der Waals surface area contributed by atoms with Crippen molar-refractivity contribution in [1.82, 2.24) is 10.2 Å². The number of rotatable bonds is 10. The van der Waals surface area contributed by atoms with Crippen LogP contribution in [0, 0.1) is 5.41 Å². The molecule has 1 heterocycles. The van der Waals surface area contributed by atoms with E-state index in [2.05, 4.69) is 16.9 Å². The molecule has 1 aliphatic rings. The molecular formula is C23H26F2N4O3. The number of nitrogens with zero attached hydrogens (tertiary/aromatic N) is 2. The van der Waals surface area contributed by atoms with Crippen LogP contribution in [0.4, 0.5) is 8.78 Å². The van der Waals surface area contributed by atoms with Crippen molar-refractivity contribution in [2.45, 2.75) is 5.92 Å². The minimum Gasteiger partial charge on any atom is -0.496 e. The Morgan fingerprint density at radius 1 is 1.25 bits per heavy atom. The Labute approximate surface area is 185 Å². The van der Waals surface area contributed by atoms with Crippen molar-refractivity contribution in [1.29, 1.82) is 5.41 Å². The summed E-state index contributed by atoms with van der Waals surface area (Å²) in [5, 5.41) is 10.3. The summed E-state index contributed by atoms with van der Waals surface area (Å²) in [6.45, 7) is 2.48. The number of hydrogen-bond acceptors (Lipinski definition) is 6. The maximum absolute atomic E-state index is 13.2. The van der Waals surface area contributed by atoms with Crippen LogP contribution in [0.1, 0.15) is 15.9 Å². The number of halogens is 2. The number of amides is 1. The first-order chi connectivity index (χ1) is 15.3. The van der Waals surface area contributed by atoms with Crippen molar-refractivity contribution >= 4 is 24.4 Å². The predicted octanol–water partition coefficient (Wildman–Crippen LogP) is 3.70. The number of alkyl halides is 2. The number of likely N-dealkylation sites (tertiary alicyclic amines) is 1. The second-order valence-electron chi connectivity index (χ2n) is 6.79. The number of benzene rings is 1. The van der Waals surface area contributed by atoms with Crippen molar-refractivity contribution in [2.24, 2.45) is 4.99 Å². The average Bonchev–Trinajstić information content (AvgIpc) is 2.77. The molecule has 1 fully saturated rings. The zero-order valence-corrected chi connectivity index (χ0v) is 18.2. The normalized spacial score (nSPS) is 16.1. The van der Waals surface area contributed by atoms with Gasteiger partial charge in [0.15, 0.2) is 0 Å². The first kappa shape index (κ1) is 24.5. The van der Waals surface area contributed by atoms with Crippen LogP contribution >= 0.6 is 0 Å². The molecule has 7 nitrogen and oxygen atoms in total. The highest BCUT2D eigenvalue weighted by Gasteiger charge is 2.47. The fraction of sp³-hybridized carbons (Fsp3) is 0.261. The molecule has 2 N–H and O–H groups in total. The summed E-state index contributed by atoms with van der Waals surface area (Å²) < 4.78 is 37.0. The van der Waals surface area contributed by atoms with Crippen molar-refractivity contribution in [2.75, 3.05) is 34.4 Å². The molecule has 2 rings (SSSR count). The van der Waals surface area contributed by atoms with Crippen LogP contribution in [0.15, 0.2) is 59.4 Å². The maximum atomic E-state index is 13.2. The number of carbonyl (C=O) groups is 1. The van der Waals surface area contributed by atoms with E-state index in [0.29, 0.717) is 16.7 Å². The van der Waals surface area contributed by atoms with Crippen molar-refractivity contribution in [3.8, 4) is 11.5 Å². The van der Waals surface area contributed by atoms with Gasteiger partial charge in [0.05, 0.1) is 27.3 Å². The van der Waals surface area contributed by atoms with Crippen LogP contribution in [0.3, 0.4) is 0 Å². The molecule has 0 radical (unpaired) electrons. The SMILES string of the molecule is C=CC(=C\C=N\C=C\c1cc(OC)c(C(=O)N2CC(F)(F)C2)c(OC)c1)/C(C=N)=C/NC. The minimum absolute atomic E-state index is 0.0974. The number of ether oxygens (including phenoxy) is 2. The van der Waals surface area contributed by atoms with Gasteiger partial charge in [-0.25, -0.2) is 8.78 Å². The van der Waals surface area contributed by atoms with Crippen molar-refractivity contribution in [3.05, 3.63) is 65.5 Å². The summed E-state index contributed by atoms with van der Waals surface area (Å²) in [5.41, 5.74) is 2.10. The van der Waals surface area contributed by atoms with Crippen LogP contribution < -0.4 is 14.8 Å². The summed E-state index contributed by atoms with van der Waals surface area (Å²) in [5.74, 6) is -3.00. The van der Waals surface area contributed by atoms with E-state index in [1.165, 1.54) is 26.6 Å². The molecule has 1 aliphatic heterocycles. The highest BCUT2D eigenvalue weighted by atomic mass is 19.3. The Morgan fingerprint density at radius 2 is 1.88 bits per heavy atom. The third-order valence-corrected chi connectivity index (χ3v) is 4.58. The molecule has 0 aromatic heterocycles. The Morgan fingerprint density at radius 3 is 2.34 bits per heavy atom. The molecule has 32 heavy (non-hydrogen) atoms. The average molecular weight is 444 g/mol. The van der Waals surface area contributed by atoms with Crippen LogP contribution in [-0.4, -0.2) is 63.5 Å². The molecule has 1 saturated heterocycles. The first-order valence-corrected chi connectivity index (χ1v) is 9.64. The zero-order valence-electron chi connectivity index (χ0n) is 18.2. The molecule has 0 bridgehead atoms. The van der Waals surface area contributed by atoms with Gasteiger partial charge in [-0.1, -0.05) is 12.7 Å². The molecule has 0 spiro atoms. The lowest BCUT2D eigenvalue weighted by molar-refractivity contribution is -0.113. The van der Waals surface area contributed by atoms with Gasteiger partial charge in [-0.15, -0.1) is 0 Å². The summed E-state index contributed by atoms with van der Waals surface area (Å²) >= 11 is 0. The smallest absolute Gasteiger partial charge is 0.282 e. The number of allylic oxidation sites excluding steroid dienone is 4. The third kappa shape index (κ3) is 5.90. The summed E-state index contributed by atoms with van der Waals surface area (Å²) in [6, 6.07) is 3.21. The van der Waals surface area contributed by atoms with E-state index >= 15 is 0 Å². The van der Waals surface area contributed by atoms with Crippen LogP contribution in [0.5, 0.6) is 11.5 Å². The zero-order chi connectivity index (χ0) is 23.7. The molecule has 9 heteroatoms. The minimum atomic E-state index is -2.86. The highest BCUT2D eigenvalue weighted by Crippen LogP contribution is 2.36. The molecule has 170 valence electrons. The summed E-state index contributed by atoms with van der Waals surface area (Å²) in [7, 11) is 4.52. The molecule has 1 aromatic carbocycles. The van der Waals surface area contributed by atoms with E-state index in [4.69, 9.17) is 14.9 Å². The maximum Gasteiger partial charge on any atom is 0.282 e. The molecule has 1 aromatic rings. The number of nitrogens with one attached hydrogen (secondary N) is 2. The number of hydrogen-bond donors (Lipinski definition) is 2. The molecular weight excluding hydrogens is 418 g/mol. The Balaban J connectivity index is 2.23. The lowest BCUT2D eigenvalue weighted by Crippen LogP contribution is -2.58. The van der Waals surface area contributed by atoms with E-state index in [0.717, 1.165) is 4.90 Å². The Bertz CT molecular complexity index is 964. The van der Waals surface area contributed by atoms with Crippen molar-refractivity contribution < 1.29 is 23.0 Å². The van der Waals surface area contributed by atoms with Crippen LogP contribution in [0.2, 0.25) is 0 Å². The van der Waals surface area contributed by atoms with Crippen molar-refractivity contribution in [3.63, 3.8) is 0 Å². The topological polar surface area (TPSA) is 87.0 Å². The van der Waals surface area contributed by atoms with Gasteiger partial charge in [0.25, 0.3) is 11.8 Å². The molecule has 0 saturated carbocycles. The third-order valence-electron chi connectivity index (χ3n) is 4.58. The monoisotopic (exact) mass is 444 g/mol. The lowest BCUT2D eigenvalue weighted by Gasteiger charge is -2.39. The number of methoxy groups -OCH3 is 2. The van der Waals surface area contributed by atoms with E-state index < -0.39 is 24.9 Å². The fourth-order valence-electron chi connectivity index (χ4n) is 3.00. The standard InChI is InChI=1S/C23H26F2N4O3/c1-5-17(18(12-26)13-27-2)7-9-28-8-6-16-10-19(31-3)21(20(11-16)32-4)22(30)29-14-23(24,25)15-29/h5-13,26-27H,1,14-15H2,2-4H3/b8-6+,17-7+,18-13+,26-12?,28-9+. The molecule has 0 aliphatic carbocycles. The van der Waals surface area contributed by atoms with E-state index in [1.54, 1.807) is 49.8 Å². The van der Waals surface area contributed by atoms with E-state index in [1.807, 2.05) is 0 Å². The van der Waals surface area contributed by atoms with Gasteiger partial charge in [0, 0.05) is 37.4 Å². The van der Waals surface area contributed by atoms with Gasteiger partial charge in [0.2, 0.25) is 0 Å². The van der Waals surface area contributed by atoms with Gasteiger partial charge in [-0.05, 0) is 35.4 Å². The second kappa shape index (κ2) is 11.0. The molecule has 1 amide bonds. The summed E-state index contributed by atoms with van der Waals surface area (Å²) in [6.07, 6.45) is 11.0. The highest BCUT2D eigenvalue weighted by molar-refractivity contribution is 6.00. The Kier molecular flexibility index (Phi) is 8.46.